The number of hydrogen-bond donors (Lipinski definition) is 1. The number of ether oxygens (including phenoxy) is 1. The van der Waals surface area contributed by atoms with Gasteiger partial charge in [-0.25, -0.2) is 0 Å². The summed E-state index contributed by atoms with van der Waals surface area (Å²) in [5.41, 5.74) is 2.58. The van der Waals surface area contributed by atoms with E-state index in [4.69, 9.17) is 4.74 Å². The zero-order valence-electron chi connectivity index (χ0n) is 11.0. The molecule has 1 fully saturated rings. The first kappa shape index (κ1) is 12.4. The van der Waals surface area contributed by atoms with E-state index in [1.54, 1.807) is 7.11 Å². The van der Waals surface area contributed by atoms with E-state index in [0.717, 1.165) is 11.3 Å². The van der Waals surface area contributed by atoms with Gasteiger partial charge in [0.15, 0.2) is 0 Å². The van der Waals surface area contributed by atoms with E-state index in [1.807, 2.05) is 12.1 Å². The van der Waals surface area contributed by atoms with Crippen LogP contribution in [0.5, 0.6) is 5.75 Å². The van der Waals surface area contributed by atoms with Crippen molar-refractivity contribution < 1.29 is 9.84 Å². The molecule has 1 aliphatic carbocycles. The molecule has 0 saturated heterocycles. The van der Waals surface area contributed by atoms with Gasteiger partial charge in [-0.2, -0.15) is 0 Å². The summed E-state index contributed by atoms with van der Waals surface area (Å²) in [5.74, 6) is 1.51. The van der Waals surface area contributed by atoms with Crippen molar-refractivity contribution in [1.29, 1.82) is 0 Å². The van der Waals surface area contributed by atoms with Crippen LogP contribution in [0.4, 0.5) is 0 Å². The third kappa shape index (κ3) is 2.32. The SMILES string of the molecule is COc1ccc(CO)cc1[C@@H]1CCCC1(C)C. The maximum Gasteiger partial charge on any atom is 0.122 e. The zero-order chi connectivity index (χ0) is 12.5. The van der Waals surface area contributed by atoms with Gasteiger partial charge in [0, 0.05) is 0 Å². The van der Waals surface area contributed by atoms with Gasteiger partial charge in [-0.05, 0) is 47.4 Å². The van der Waals surface area contributed by atoms with Crippen LogP contribution in [0.2, 0.25) is 0 Å². The summed E-state index contributed by atoms with van der Waals surface area (Å²) in [6, 6.07) is 6.02. The summed E-state index contributed by atoms with van der Waals surface area (Å²) in [6.45, 7) is 4.76. The van der Waals surface area contributed by atoms with Crippen LogP contribution in [-0.4, -0.2) is 12.2 Å². The Balaban J connectivity index is 2.42. The van der Waals surface area contributed by atoms with Crippen LogP contribution in [0.3, 0.4) is 0 Å². The first-order valence-corrected chi connectivity index (χ1v) is 6.36. The van der Waals surface area contributed by atoms with Gasteiger partial charge < -0.3 is 9.84 Å². The largest absolute Gasteiger partial charge is 0.496 e. The molecule has 2 rings (SSSR count). The van der Waals surface area contributed by atoms with Crippen molar-refractivity contribution in [1.82, 2.24) is 0 Å². The predicted octanol–water partition coefficient (Wildman–Crippen LogP) is 3.48. The third-order valence-electron chi connectivity index (χ3n) is 4.11. The standard InChI is InChI=1S/C15H22O2/c1-15(2)8-4-5-13(15)12-9-11(10-16)6-7-14(12)17-3/h6-7,9,13,16H,4-5,8,10H2,1-3H3/t13-/m0/s1. The van der Waals surface area contributed by atoms with E-state index >= 15 is 0 Å². The molecule has 1 aromatic rings. The Labute approximate surface area is 104 Å². The lowest BCUT2D eigenvalue weighted by Gasteiger charge is -2.29. The van der Waals surface area contributed by atoms with Gasteiger partial charge >= 0.3 is 0 Å². The van der Waals surface area contributed by atoms with E-state index in [9.17, 15) is 5.11 Å². The number of rotatable bonds is 3. The van der Waals surface area contributed by atoms with Gasteiger partial charge in [0.05, 0.1) is 13.7 Å². The minimum Gasteiger partial charge on any atom is -0.496 e. The summed E-state index contributed by atoms with van der Waals surface area (Å²) in [4.78, 5) is 0. The maximum absolute atomic E-state index is 9.26. The molecule has 1 atom stereocenters. The highest BCUT2D eigenvalue weighted by molar-refractivity contribution is 5.41. The van der Waals surface area contributed by atoms with Gasteiger partial charge in [0.1, 0.15) is 5.75 Å². The summed E-state index contributed by atoms with van der Waals surface area (Å²) in [6.07, 6.45) is 3.77. The Morgan fingerprint density at radius 1 is 1.41 bits per heavy atom. The molecule has 0 heterocycles. The topological polar surface area (TPSA) is 29.5 Å². The Kier molecular flexibility index (Phi) is 3.43. The maximum atomic E-state index is 9.26. The zero-order valence-corrected chi connectivity index (χ0v) is 11.0. The Morgan fingerprint density at radius 3 is 2.71 bits per heavy atom. The van der Waals surface area contributed by atoms with E-state index in [-0.39, 0.29) is 6.61 Å². The molecule has 0 bridgehead atoms. The predicted molar refractivity (Wildman–Crippen MR) is 69.3 cm³/mol. The van der Waals surface area contributed by atoms with Crippen molar-refractivity contribution in [3.8, 4) is 5.75 Å². The first-order valence-electron chi connectivity index (χ1n) is 6.36. The molecule has 0 unspecified atom stereocenters. The van der Waals surface area contributed by atoms with Crippen LogP contribution in [-0.2, 0) is 6.61 Å². The van der Waals surface area contributed by atoms with Crippen molar-refractivity contribution in [3.05, 3.63) is 29.3 Å². The minimum absolute atomic E-state index is 0.101. The fraction of sp³-hybridized carbons (Fsp3) is 0.600. The average Bonchev–Trinajstić information content (AvgIpc) is 2.68. The summed E-state index contributed by atoms with van der Waals surface area (Å²) >= 11 is 0. The number of benzene rings is 1. The molecule has 2 nitrogen and oxygen atoms in total. The molecule has 0 amide bonds. The molecule has 0 aromatic heterocycles. The molecule has 1 aliphatic rings. The van der Waals surface area contributed by atoms with Gasteiger partial charge in [-0.3, -0.25) is 0 Å². The number of aliphatic hydroxyl groups is 1. The number of aliphatic hydroxyl groups excluding tert-OH is 1. The Bertz CT molecular complexity index is 396. The van der Waals surface area contributed by atoms with Crippen molar-refractivity contribution in [2.75, 3.05) is 7.11 Å². The highest BCUT2D eigenvalue weighted by Gasteiger charge is 2.36. The molecule has 0 spiro atoms. The molecule has 1 N–H and O–H groups in total. The van der Waals surface area contributed by atoms with Crippen LogP contribution in [0.15, 0.2) is 18.2 Å². The highest BCUT2D eigenvalue weighted by atomic mass is 16.5. The van der Waals surface area contributed by atoms with E-state index < -0.39 is 0 Å². The summed E-state index contributed by atoms with van der Waals surface area (Å²) in [7, 11) is 1.72. The minimum atomic E-state index is 0.101. The molecule has 0 aliphatic heterocycles. The number of hydrogen-bond acceptors (Lipinski definition) is 2. The lowest BCUT2D eigenvalue weighted by atomic mass is 9.77. The second-order valence-corrected chi connectivity index (χ2v) is 5.67. The van der Waals surface area contributed by atoms with Crippen molar-refractivity contribution >= 4 is 0 Å². The molecular weight excluding hydrogens is 212 g/mol. The molecule has 94 valence electrons. The summed E-state index contributed by atoms with van der Waals surface area (Å²) in [5, 5.41) is 9.26. The average molecular weight is 234 g/mol. The van der Waals surface area contributed by atoms with Gasteiger partial charge in [0.25, 0.3) is 0 Å². The third-order valence-corrected chi connectivity index (χ3v) is 4.11. The van der Waals surface area contributed by atoms with E-state index in [0.29, 0.717) is 11.3 Å². The van der Waals surface area contributed by atoms with Gasteiger partial charge in [-0.15, -0.1) is 0 Å². The van der Waals surface area contributed by atoms with Crippen LogP contribution < -0.4 is 4.74 Å². The van der Waals surface area contributed by atoms with Crippen LogP contribution in [0.25, 0.3) is 0 Å². The fourth-order valence-corrected chi connectivity index (χ4v) is 3.06. The second kappa shape index (κ2) is 4.69. The molecule has 0 radical (unpaired) electrons. The van der Waals surface area contributed by atoms with Crippen LogP contribution >= 0.6 is 0 Å². The number of methoxy groups -OCH3 is 1. The summed E-state index contributed by atoms with van der Waals surface area (Å²) < 4.78 is 5.47. The molecule has 1 saturated carbocycles. The first-order chi connectivity index (χ1) is 8.08. The van der Waals surface area contributed by atoms with E-state index in [1.165, 1.54) is 24.8 Å². The van der Waals surface area contributed by atoms with Crippen LogP contribution in [0.1, 0.15) is 50.2 Å². The lowest BCUT2D eigenvalue weighted by molar-refractivity contribution is 0.280. The van der Waals surface area contributed by atoms with Gasteiger partial charge in [-0.1, -0.05) is 26.3 Å². The molecule has 2 heteroatoms. The molecule has 1 aromatic carbocycles. The van der Waals surface area contributed by atoms with Crippen molar-refractivity contribution in [2.24, 2.45) is 5.41 Å². The quantitative estimate of drug-likeness (QED) is 0.867. The van der Waals surface area contributed by atoms with Crippen molar-refractivity contribution in [2.45, 2.75) is 45.6 Å². The Hall–Kier alpha value is -1.02. The van der Waals surface area contributed by atoms with Crippen molar-refractivity contribution in [3.63, 3.8) is 0 Å². The fourth-order valence-electron chi connectivity index (χ4n) is 3.06. The highest BCUT2D eigenvalue weighted by Crippen LogP contribution is 2.51. The monoisotopic (exact) mass is 234 g/mol. The lowest BCUT2D eigenvalue weighted by Crippen LogP contribution is -2.16. The van der Waals surface area contributed by atoms with Crippen LogP contribution in [0, 0.1) is 5.41 Å². The normalized spacial score (nSPS) is 22.7. The van der Waals surface area contributed by atoms with Gasteiger partial charge in [0.2, 0.25) is 0 Å². The molecular formula is C15H22O2. The Morgan fingerprint density at radius 2 is 2.18 bits per heavy atom. The molecule has 17 heavy (non-hydrogen) atoms. The second-order valence-electron chi connectivity index (χ2n) is 5.67. The van der Waals surface area contributed by atoms with E-state index in [2.05, 4.69) is 19.9 Å². The smallest absolute Gasteiger partial charge is 0.122 e.